The summed E-state index contributed by atoms with van der Waals surface area (Å²) in [6.07, 6.45) is -6.31. The summed E-state index contributed by atoms with van der Waals surface area (Å²) >= 11 is 0. The maximum absolute atomic E-state index is 13.5. The first-order valence-electron chi connectivity index (χ1n) is 9.07. The van der Waals surface area contributed by atoms with Crippen molar-refractivity contribution < 1.29 is 42.1 Å². The zero-order valence-electron chi connectivity index (χ0n) is 17.8. The third-order valence-corrected chi connectivity index (χ3v) is 3.53. The lowest BCUT2D eigenvalue weighted by molar-refractivity contribution is -0.167. The van der Waals surface area contributed by atoms with Gasteiger partial charge in [-0.25, -0.2) is 4.79 Å². The van der Waals surface area contributed by atoms with Gasteiger partial charge < -0.3 is 19.9 Å². The zero-order valence-corrected chi connectivity index (χ0v) is 17.8. The van der Waals surface area contributed by atoms with E-state index in [1.165, 1.54) is 0 Å². The maximum Gasteiger partial charge on any atom is 0.407 e. The Kier molecular flexibility index (Phi) is 9.42. The third kappa shape index (κ3) is 10.9. The van der Waals surface area contributed by atoms with E-state index in [0.29, 0.717) is 0 Å². The highest BCUT2D eigenvalue weighted by Gasteiger charge is 2.45. The van der Waals surface area contributed by atoms with Crippen LogP contribution in [-0.2, 0) is 19.1 Å². The van der Waals surface area contributed by atoms with Crippen LogP contribution in [0, 0.1) is 5.41 Å². The summed E-state index contributed by atoms with van der Waals surface area (Å²) in [5.74, 6) is -2.15. The topological polar surface area (TPSA) is 114 Å². The van der Waals surface area contributed by atoms with E-state index < -0.39 is 53.3 Å². The fraction of sp³-hybridized carbons (Fsp3) is 0.833. The summed E-state index contributed by atoms with van der Waals surface area (Å²) < 4.78 is 50.2. The number of amides is 1. The molecule has 0 aliphatic carbocycles. The van der Waals surface area contributed by atoms with Crippen LogP contribution in [0.5, 0.6) is 0 Å². The highest BCUT2D eigenvalue weighted by Crippen LogP contribution is 2.24. The lowest BCUT2D eigenvalue weighted by atomic mass is 9.97. The molecule has 0 aromatic rings. The summed E-state index contributed by atoms with van der Waals surface area (Å²) in [5.41, 5.74) is -1.74. The van der Waals surface area contributed by atoms with E-state index in [2.05, 4.69) is 5.32 Å². The fourth-order valence-electron chi connectivity index (χ4n) is 2.08. The number of nitrogens with one attached hydrogen (secondary N) is 2. The number of halogens is 3. The van der Waals surface area contributed by atoms with E-state index in [1.54, 1.807) is 41.5 Å². The largest absolute Gasteiger partial charge is 0.480 e. The molecule has 3 atom stereocenters. The van der Waals surface area contributed by atoms with Crippen molar-refractivity contribution in [2.24, 2.45) is 5.41 Å². The van der Waals surface area contributed by atoms with Crippen LogP contribution in [0.3, 0.4) is 0 Å². The molecule has 0 aromatic heterocycles. The highest BCUT2D eigenvalue weighted by molar-refractivity contribution is 5.76. The second-order valence-corrected chi connectivity index (χ2v) is 8.69. The van der Waals surface area contributed by atoms with Crippen LogP contribution < -0.4 is 10.6 Å². The molecule has 11 heteroatoms. The average molecular weight is 428 g/mol. The van der Waals surface area contributed by atoms with Crippen molar-refractivity contribution in [3.63, 3.8) is 0 Å². The van der Waals surface area contributed by atoms with Crippen LogP contribution in [0.1, 0.15) is 54.9 Å². The number of alkyl carbamates (subject to hydrolysis) is 1. The first-order valence-corrected chi connectivity index (χ1v) is 9.07. The van der Waals surface area contributed by atoms with Crippen molar-refractivity contribution in [3.05, 3.63) is 0 Å². The first kappa shape index (κ1) is 27.0. The van der Waals surface area contributed by atoms with Crippen molar-refractivity contribution in [1.82, 2.24) is 10.6 Å². The van der Waals surface area contributed by atoms with Crippen molar-refractivity contribution in [1.29, 1.82) is 0 Å². The van der Waals surface area contributed by atoms with Gasteiger partial charge in [-0.3, -0.25) is 14.9 Å². The van der Waals surface area contributed by atoms with Crippen LogP contribution in [-0.4, -0.2) is 59.6 Å². The number of rotatable bonds is 8. The molecule has 0 heterocycles. The monoisotopic (exact) mass is 428 g/mol. The SMILES string of the molecule is C[C@H](NC(=O)OC(C)(C)C)[C@H](N[C@@H](CCOC(=O)C(C)(C)C)C(=O)O)C(F)(F)F. The zero-order chi connectivity index (χ0) is 23.2. The summed E-state index contributed by atoms with van der Waals surface area (Å²) in [5, 5.41) is 13.3. The van der Waals surface area contributed by atoms with Gasteiger partial charge in [0.15, 0.2) is 0 Å². The third-order valence-electron chi connectivity index (χ3n) is 3.53. The predicted molar refractivity (Wildman–Crippen MR) is 98.3 cm³/mol. The molecule has 3 N–H and O–H groups in total. The van der Waals surface area contributed by atoms with Crippen molar-refractivity contribution in [2.75, 3.05) is 6.61 Å². The minimum atomic E-state index is -4.86. The Labute approximate surface area is 168 Å². The number of carbonyl (C=O) groups is 3. The van der Waals surface area contributed by atoms with E-state index in [9.17, 15) is 32.7 Å². The predicted octanol–water partition coefficient (Wildman–Crippen LogP) is 2.85. The summed E-state index contributed by atoms with van der Waals surface area (Å²) in [6, 6.07) is -5.55. The summed E-state index contributed by atoms with van der Waals surface area (Å²) in [6.45, 7) is 10.1. The molecule has 0 aliphatic heterocycles. The van der Waals surface area contributed by atoms with Crippen molar-refractivity contribution in [2.45, 2.75) is 84.8 Å². The molecule has 1 amide bonds. The number of hydrogen-bond acceptors (Lipinski definition) is 6. The molecule has 0 aliphatic rings. The van der Waals surface area contributed by atoms with Crippen LogP contribution in [0.15, 0.2) is 0 Å². The van der Waals surface area contributed by atoms with Gasteiger partial charge in [-0.05, 0) is 48.5 Å². The number of alkyl halides is 3. The molecule has 0 bridgehead atoms. The number of esters is 1. The van der Waals surface area contributed by atoms with Crippen molar-refractivity contribution >= 4 is 18.0 Å². The van der Waals surface area contributed by atoms with E-state index in [0.717, 1.165) is 6.92 Å². The van der Waals surface area contributed by atoms with Gasteiger partial charge in [0.05, 0.1) is 18.1 Å². The van der Waals surface area contributed by atoms with Crippen LogP contribution >= 0.6 is 0 Å². The van der Waals surface area contributed by atoms with Gasteiger partial charge in [0, 0.05) is 6.42 Å². The molecule has 0 fully saturated rings. The Bertz CT molecular complexity index is 582. The van der Waals surface area contributed by atoms with Gasteiger partial charge in [0.1, 0.15) is 17.7 Å². The molecule has 0 saturated carbocycles. The highest BCUT2D eigenvalue weighted by atomic mass is 19.4. The van der Waals surface area contributed by atoms with Crippen LogP contribution in [0.25, 0.3) is 0 Å². The second kappa shape index (κ2) is 10.1. The molecule has 0 rings (SSSR count). The summed E-state index contributed by atoms with van der Waals surface area (Å²) in [7, 11) is 0. The Morgan fingerprint density at radius 1 is 1.03 bits per heavy atom. The number of ether oxygens (including phenoxy) is 2. The average Bonchev–Trinajstić information content (AvgIpc) is 2.45. The first-order chi connectivity index (χ1) is 12.8. The molecule has 8 nitrogen and oxygen atoms in total. The Morgan fingerprint density at radius 3 is 1.93 bits per heavy atom. The molecule has 0 aromatic carbocycles. The van der Waals surface area contributed by atoms with Gasteiger partial charge in [-0.1, -0.05) is 0 Å². The normalized spacial score (nSPS) is 15.8. The number of carboxylic acids is 1. The molecule has 0 spiro atoms. The van der Waals surface area contributed by atoms with E-state index in [4.69, 9.17) is 9.47 Å². The quantitative estimate of drug-likeness (QED) is 0.510. The van der Waals surface area contributed by atoms with Gasteiger partial charge in [-0.15, -0.1) is 0 Å². The van der Waals surface area contributed by atoms with E-state index >= 15 is 0 Å². The molecule has 0 unspecified atom stereocenters. The Hall–Kier alpha value is -2.04. The number of aliphatic carboxylic acids is 1. The molecule has 0 saturated heterocycles. The molecule has 29 heavy (non-hydrogen) atoms. The Balaban J connectivity index is 5.13. The maximum atomic E-state index is 13.5. The lowest BCUT2D eigenvalue weighted by Gasteiger charge is -2.31. The number of carboxylic acid groups (broad SMARTS) is 1. The molecular weight excluding hydrogens is 397 g/mol. The second-order valence-electron chi connectivity index (χ2n) is 8.69. The number of hydrogen-bond donors (Lipinski definition) is 3. The smallest absolute Gasteiger partial charge is 0.407 e. The van der Waals surface area contributed by atoms with Gasteiger partial charge in [0.25, 0.3) is 0 Å². The molecule has 170 valence electrons. The molecule has 0 radical (unpaired) electrons. The lowest BCUT2D eigenvalue weighted by Crippen LogP contribution is -2.60. The van der Waals surface area contributed by atoms with Gasteiger partial charge in [0.2, 0.25) is 0 Å². The van der Waals surface area contributed by atoms with Crippen molar-refractivity contribution in [3.8, 4) is 0 Å². The Morgan fingerprint density at radius 2 is 1.55 bits per heavy atom. The van der Waals surface area contributed by atoms with E-state index in [-0.39, 0.29) is 13.0 Å². The van der Waals surface area contributed by atoms with E-state index in [1.807, 2.05) is 5.32 Å². The van der Waals surface area contributed by atoms with Crippen LogP contribution in [0.4, 0.5) is 18.0 Å². The fourth-order valence-corrected chi connectivity index (χ4v) is 2.08. The van der Waals surface area contributed by atoms with Gasteiger partial charge >= 0.3 is 24.2 Å². The minimum absolute atomic E-state index is 0.376. The standard InChI is InChI=1S/C18H31F3N2O6/c1-10(22-15(27)29-17(5,6)7)12(18(19,20)21)23-11(13(24)25)8-9-28-14(26)16(2,3)4/h10-12,23H,8-9H2,1-7H3,(H,22,27)(H,24,25)/t10-,11-,12-/m0/s1. The van der Waals surface area contributed by atoms with Gasteiger partial charge in [-0.2, -0.15) is 13.2 Å². The minimum Gasteiger partial charge on any atom is -0.480 e. The van der Waals surface area contributed by atoms with Crippen LogP contribution in [0.2, 0.25) is 0 Å². The number of carbonyl (C=O) groups excluding carboxylic acids is 2. The summed E-state index contributed by atoms with van der Waals surface area (Å²) in [4.78, 5) is 34.9. The molecular formula is C18H31F3N2O6.